The highest BCUT2D eigenvalue weighted by molar-refractivity contribution is 6.02. The SMILES string of the molecule is O=C(CN1CCc2ccccc2C1=O)c1ccco1. The first kappa shape index (κ1) is 11.7. The van der Waals surface area contributed by atoms with Gasteiger partial charge in [-0.1, -0.05) is 18.2 Å². The van der Waals surface area contributed by atoms with Crippen LogP contribution in [0.15, 0.2) is 47.1 Å². The molecule has 0 fully saturated rings. The van der Waals surface area contributed by atoms with Crippen LogP contribution in [0.2, 0.25) is 0 Å². The number of fused-ring (bicyclic) bond motifs is 1. The number of Topliss-reactive ketones (excluding diaryl/α,β-unsaturated/α-hetero) is 1. The van der Waals surface area contributed by atoms with Crippen LogP contribution in [0, 0.1) is 0 Å². The second kappa shape index (κ2) is 4.72. The number of hydrogen-bond acceptors (Lipinski definition) is 3. The van der Waals surface area contributed by atoms with Gasteiger partial charge in [-0.3, -0.25) is 9.59 Å². The maximum Gasteiger partial charge on any atom is 0.254 e. The Morgan fingerprint density at radius 1 is 1.21 bits per heavy atom. The van der Waals surface area contributed by atoms with Gasteiger partial charge in [0, 0.05) is 12.1 Å². The lowest BCUT2D eigenvalue weighted by Crippen LogP contribution is -2.40. The first-order chi connectivity index (χ1) is 9.25. The second-order valence-corrected chi connectivity index (χ2v) is 4.53. The Labute approximate surface area is 110 Å². The number of carbonyl (C=O) groups is 2. The van der Waals surface area contributed by atoms with E-state index in [1.165, 1.54) is 6.26 Å². The Morgan fingerprint density at radius 2 is 2.05 bits per heavy atom. The van der Waals surface area contributed by atoms with Gasteiger partial charge in [0.2, 0.25) is 5.78 Å². The third kappa shape index (κ3) is 2.17. The van der Waals surface area contributed by atoms with Gasteiger partial charge in [0.15, 0.2) is 5.76 Å². The molecule has 3 rings (SSSR count). The summed E-state index contributed by atoms with van der Waals surface area (Å²) >= 11 is 0. The van der Waals surface area contributed by atoms with E-state index < -0.39 is 0 Å². The van der Waals surface area contributed by atoms with Crippen molar-refractivity contribution in [2.75, 3.05) is 13.1 Å². The predicted molar refractivity (Wildman–Crippen MR) is 69.1 cm³/mol. The van der Waals surface area contributed by atoms with Gasteiger partial charge in [0.05, 0.1) is 12.8 Å². The molecule has 4 heteroatoms. The van der Waals surface area contributed by atoms with E-state index >= 15 is 0 Å². The molecule has 0 N–H and O–H groups in total. The van der Waals surface area contributed by atoms with Crippen molar-refractivity contribution in [1.29, 1.82) is 0 Å². The van der Waals surface area contributed by atoms with Crippen LogP contribution < -0.4 is 0 Å². The fraction of sp³-hybridized carbons (Fsp3) is 0.200. The minimum Gasteiger partial charge on any atom is -0.461 e. The Kier molecular flexibility index (Phi) is 2.91. The van der Waals surface area contributed by atoms with Crippen molar-refractivity contribution in [3.63, 3.8) is 0 Å². The second-order valence-electron chi connectivity index (χ2n) is 4.53. The number of amides is 1. The van der Waals surface area contributed by atoms with E-state index in [9.17, 15) is 9.59 Å². The van der Waals surface area contributed by atoms with Crippen LogP contribution in [0.25, 0.3) is 0 Å². The molecule has 1 aromatic carbocycles. The highest BCUT2D eigenvalue weighted by Crippen LogP contribution is 2.18. The first-order valence-corrected chi connectivity index (χ1v) is 6.19. The molecule has 1 aliphatic rings. The number of hydrogen-bond donors (Lipinski definition) is 0. The fourth-order valence-electron chi connectivity index (χ4n) is 2.31. The average molecular weight is 255 g/mol. The lowest BCUT2D eigenvalue weighted by molar-refractivity contribution is 0.0688. The summed E-state index contributed by atoms with van der Waals surface area (Å²) in [7, 11) is 0. The average Bonchev–Trinajstić information content (AvgIpc) is 2.96. The van der Waals surface area contributed by atoms with Crippen LogP contribution in [0.1, 0.15) is 26.5 Å². The number of furan rings is 1. The van der Waals surface area contributed by atoms with Gasteiger partial charge in [-0.15, -0.1) is 0 Å². The quantitative estimate of drug-likeness (QED) is 0.790. The van der Waals surface area contributed by atoms with Gasteiger partial charge in [0.1, 0.15) is 0 Å². The Hall–Kier alpha value is -2.36. The molecule has 2 aromatic rings. The predicted octanol–water partition coefficient (Wildman–Crippen LogP) is 2.16. The Morgan fingerprint density at radius 3 is 2.84 bits per heavy atom. The monoisotopic (exact) mass is 255 g/mol. The molecular weight excluding hydrogens is 242 g/mol. The molecule has 0 unspecified atom stereocenters. The molecule has 4 nitrogen and oxygen atoms in total. The number of carbonyl (C=O) groups excluding carboxylic acids is 2. The molecule has 2 heterocycles. The number of rotatable bonds is 3. The maximum absolute atomic E-state index is 12.3. The summed E-state index contributed by atoms with van der Waals surface area (Å²) in [4.78, 5) is 25.8. The number of ketones is 1. The van der Waals surface area contributed by atoms with Crippen molar-refractivity contribution in [3.05, 3.63) is 59.5 Å². The zero-order chi connectivity index (χ0) is 13.2. The largest absolute Gasteiger partial charge is 0.461 e. The topological polar surface area (TPSA) is 50.5 Å². The van der Waals surface area contributed by atoms with Crippen molar-refractivity contribution in [1.82, 2.24) is 4.90 Å². The van der Waals surface area contributed by atoms with Gasteiger partial charge in [0.25, 0.3) is 5.91 Å². The third-order valence-corrected chi connectivity index (χ3v) is 3.32. The molecule has 0 radical (unpaired) electrons. The van der Waals surface area contributed by atoms with E-state index in [4.69, 9.17) is 4.42 Å². The Bertz CT molecular complexity index is 616. The zero-order valence-electron chi connectivity index (χ0n) is 10.3. The fourth-order valence-corrected chi connectivity index (χ4v) is 2.31. The van der Waals surface area contributed by atoms with E-state index in [0.717, 1.165) is 12.0 Å². The lowest BCUT2D eigenvalue weighted by Gasteiger charge is -2.27. The summed E-state index contributed by atoms with van der Waals surface area (Å²) in [5.74, 6) is 0.0474. The number of nitrogens with zero attached hydrogens (tertiary/aromatic N) is 1. The van der Waals surface area contributed by atoms with Gasteiger partial charge in [-0.25, -0.2) is 0 Å². The standard InChI is InChI=1S/C15H13NO3/c17-13(14-6-3-9-19-14)10-16-8-7-11-4-1-2-5-12(11)15(16)18/h1-6,9H,7-8,10H2. The summed E-state index contributed by atoms with van der Waals surface area (Å²) in [6, 6.07) is 10.8. The van der Waals surface area contributed by atoms with E-state index in [2.05, 4.69) is 0 Å². The first-order valence-electron chi connectivity index (χ1n) is 6.19. The van der Waals surface area contributed by atoms with E-state index in [0.29, 0.717) is 17.9 Å². The van der Waals surface area contributed by atoms with Crippen LogP contribution in [-0.2, 0) is 6.42 Å². The molecule has 1 amide bonds. The van der Waals surface area contributed by atoms with E-state index in [1.807, 2.05) is 18.2 Å². The molecule has 0 spiro atoms. The molecule has 0 bridgehead atoms. The van der Waals surface area contributed by atoms with Crippen LogP contribution in [-0.4, -0.2) is 29.7 Å². The highest BCUT2D eigenvalue weighted by atomic mass is 16.3. The molecule has 0 atom stereocenters. The Balaban J connectivity index is 1.78. The normalized spacial score (nSPS) is 14.3. The minimum absolute atomic E-state index is 0.0701. The van der Waals surface area contributed by atoms with Crippen molar-refractivity contribution < 1.29 is 14.0 Å². The smallest absolute Gasteiger partial charge is 0.254 e. The van der Waals surface area contributed by atoms with Gasteiger partial charge >= 0.3 is 0 Å². The summed E-state index contributed by atoms with van der Waals surface area (Å²) in [6.45, 7) is 0.642. The van der Waals surface area contributed by atoms with E-state index in [-0.39, 0.29) is 18.2 Å². The van der Waals surface area contributed by atoms with Gasteiger partial charge < -0.3 is 9.32 Å². The van der Waals surface area contributed by atoms with Crippen LogP contribution in [0.3, 0.4) is 0 Å². The molecule has 19 heavy (non-hydrogen) atoms. The van der Waals surface area contributed by atoms with Crippen LogP contribution in [0.5, 0.6) is 0 Å². The maximum atomic E-state index is 12.3. The number of benzene rings is 1. The molecule has 1 aliphatic heterocycles. The van der Waals surface area contributed by atoms with Crippen molar-refractivity contribution >= 4 is 11.7 Å². The van der Waals surface area contributed by atoms with Crippen LogP contribution >= 0.6 is 0 Å². The van der Waals surface area contributed by atoms with Crippen molar-refractivity contribution in [3.8, 4) is 0 Å². The third-order valence-electron chi connectivity index (χ3n) is 3.32. The summed E-state index contributed by atoms with van der Waals surface area (Å²) in [5.41, 5.74) is 1.75. The summed E-state index contributed by atoms with van der Waals surface area (Å²) in [6.07, 6.45) is 2.24. The van der Waals surface area contributed by atoms with E-state index in [1.54, 1.807) is 23.1 Å². The van der Waals surface area contributed by atoms with Crippen molar-refractivity contribution in [2.45, 2.75) is 6.42 Å². The van der Waals surface area contributed by atoms with Gasteiger partial charge in [-0.2, -0.15) is 0 Å². The lowest BCUT2D eigenvalue weighted by atomic mass is 9.99. The molecule has 0 saturated carbocycles. The summed E-state index contributed by atoms with van der Waals surface area (Å²) < 4.78 is 5.05. The molecule has 0 aliphatic carbocycles. The van der Waals surface area contributed by atoms with Gasteiger partial charge in [-0.05, 0) is 30.2 Å². The molecule has 1 aromatic heterocycles. The van der Waals surface area contributed by atoms with Crippen molar-refractivity contribution in [2.24, 2.45) is 0 Å². The minimum atomic E-state index is -0.169. The summed E-state index contributed by atoms with van der Waals surface area (Å²) in [5, 5.41) is 0. The molecule has 96 valence electrons. The zero-order valence-corrected chi connectivity index (χ0v) is 10.3. The highest BCUT2D eigenvalue weighted by Gasteiger charge is 2.26. The molecular formula is C15H13NO3. The molecule has 0 saturated heterocycles. The van der Waals surface area contributed by atoms with Crippen LogP contribution in [0.4, 0.5) is 0 Å².